The lowest BCUT2D eigenvalue weighted by Crippen LogP contribution is -1.75. The topological polar surface area (TPSA) is 0 Å². The van der Waals surface area contributed by atoms with Gasteiger partial charge in [-0.15, -0.1) is 6.58 Å². The van der Waals surface area contributed by atoms with Crippen LogP contribution < -0.4 is 0 Å². The van der Waals surface area contributed by atoms with Gasteiger partial charge in [-0.3, -0.25) is 0 Å². The predicted molar refractivity (Wildman–Crippen MR) is 48.0 cm³/mol. The van der Waals surface area contributed by atoms with Crippen LogP contribution in [0.5, 0.6) is 0 Å². The van der Waals surface area contributed by atoms with Crippen molar-refractivity contribution in [2.24, 2.45) is 0 Å². The van der Waals surface area contributed by atoms with Crippen molar-refractivity contribution in [1.29, 1.82) is 0 Å². The molecule has 0 aliphatic heterocycles. The molecular weight excluding hydrogens is 120 g/mol. The second kappa shape index (κ2) is 6.34. The quantitative estimate of drug-likeness (QED) is 0.401. The van der Waals surface area contributed by atoms with Gasteiger partial charge in [-0.25, -0.2) is 0 Å². The first-order valence-electron chi connectivity index (χ1n) is 3.77. The zero-order valence-corrected chi connectivity index (χ0v) is 6.77. The van der Waals surface area contributed by atoms with E-state index in [1.807, 2.05) is 12.2 Å². The highest BCUT2D eigenvalue weighted by Gasteiger charge is 1.86. The molecule has 0 aliphatic rings. The minimum Gasteiger partial charge on any atom is -0.103 e. The monoisotopic (exact) mass is 136 g/mol. The Morgan fingerprint density at radius 3 is 2.50 bits per heavy atom. The summed E-state index contributed by atoms with van der Waals surface area (Å²) in [6.45, 7) is 9.55. The van der Waals surface area contributed by atoms with E-state index in [0.29, 0.717) is 0 Å². The Balaban J connectivity index is 3.77. The molecule has 0 N–H and O–H groups in total. The first-order chi connectivity index (χ1) is 4.85. The highest BCUT2D eigenvalue weighted by Crippen LogP contribution is 2.06. The Morgan fingerprint density at radius 2 is 2.10 bits per heavy atom. The molecule has 0 bridgehead atoms. The van der Waals surface area contributed by atoms with E-state index in [0.717, 1.165) is 12.8 Å². The zero-order valence-electron chi connectivity index (χ0n) is 6.77. The van der Waals surface area contributed by atoms with Crippen LogP contribution in [0.2, 0.25) is 0 Å². The summed E-state index contributed by atoms with van der Waals surface area (Å²) in [5.41, 5.74) is 1.34. The molecule has 0 spiro atoms. The van der Waals surface area contributed by atoms with Gasteiger partial charge in [0.2, 0.25) is 0 Å². The van der Waals surface area contributed by atoms with Gasteiger partial charge in [-0.1, -0.05) is 43.7 Å². The minimum atomic E-state index is 0.960. The fraction of sp³-hybridized carbons (Fsp3) is 0.400. The fourth-order valence-corrected chi connectivity index (χ4v) is 0.811. The zero-order chi connectivity index (χ0) is 7.82. The van der Waals surface area contributed by atoms with Gasteiger partial charge >= 0.3 is 0 Å². The number of allylic oxidation sites excluding steroid dienone is 4. The molecule has 0 heteroatoms. The van der Waals surface area contributed by atoms with Gasteiger partial charge in [0.1, 0.15) is 0 Å². The van der Waals surface area contributed by atoms with Crippen LogP contribution in [0.4, 0.5) is 0 Å². The van der Waals surface area contributed by atoms with Crippen molar-refractivity contribution in [3.05, 3.63) is 37.0 Å². The van der Waals surface area contributed by atoms with Gasteiger partial charge in [0.15, 0.2) is 0 Å². The fourth-order valence-electron chi connectivity index (χ4n) is 0.811. The molecule has 0 fully saturated rings. The molecule has 0 atom stereocenters. The van der Waals surface area contributed by atoms with E-state index in [-0.39, 0.29) is 0 Å². The summed E-state index contributed by atoms with van der Waals surface area (Å²) in [5, 5.41) is 0. The summed E-state index contributed by atoms with van der Waals surface area (Å²) in [4.78, 5) is 0. The first-order valence-corrected chi connectivity index (χ1v) is 3.77. The Morgan fingerprint density at radius 1 is 1.40 bits per heavy atom. The maximum atomic E-state index is 3.73. The molecule has 0 rings (SSSR count). The van der Waals surface area contributed by atoms with Crippen molar-refractivity contribution in [3.63, 3.8) is 0 Å². The molecular formula is C10H16. The summed E-state index contributed by atoms with van der Waals surface area (Å²) >= 11 is 0. The summed E-state index contributed by atoms with van der Waals surface area (Å²) in [7, 11) is 0. The molecule has 0 heterocycles. The summed E-state index contributed by atoms with van der Waals surface area (Å²) in [6.07, 6.45) is 9.28. The highest BCUT2D eigenvalue weighted by atomic mass is 13.9. The molecule has 0 nitrogen and oxygen atoms in total. The van der Waals surface area contributed by atoms with Gasteiger partial charge in [-0.2, -0.15) is 0 Å². The maximum absolute atomic E-state index is 3.73. The summed E-state index contributed by atoms with van der Waals surface area (Å²) in [5.74, 6) is 0. The Labute approximate surface area is 64.0 Å². The van der Waals surface area contributed by atoms with Crippen molar-refractivity contribution in [3.8, 4) is 0 Å². The molecule has 0 aromatic heterocycles. The largest absolute Gasteiger partial charge is 0.103 e. The SMILES string of the molecule is C=CC/C=C(\C=C)CCC. The van der Waals surface area contributed by atoms with Crippen LogP contribution in [0.25, 0.3) is 0 Å². The molecule has 0 aromatic rings. The summed E-state index contributed by atoms with van der Waals surface area (Å²) < 4.78 is 0. The van der Waals surface area contributed by atoms with Crippen molar-refractivity contribution >= 4 is 0 Å². The molecule has 10 heavy (non-hydrogen) atoms. The lowest BCUT2D eigenvalue weighted by atomic mass is 10.1. The minimum absolute atomic E-state index is 0.960. The van der Waals surface area contributed by atoms with Crippen LogP contribution in [0, 0.1) is 0 Å². The van der Waals surface area contributed by atoms with Crippen molar-refractivity contribution in [2.75, 3.05) is 0 Å². The van der Waals surface area contributed by atoms with E-state index < -0.39 is 0 Å². The number of hydrogen-bond donors (Lipinski definition) is 0. The normalized spacial score (nSPS) is 11.1. The third-order valence-electron chi connectivity index (χ3n) is 1.35. The highest BCUT2D eigenvalue weighted by molar-refractivity contribution is 5.16. The second-order valence-corrected chi connectivity index (χ2v) is 2.26. The van der Waals surface area contributed by atoms with Gasteiger partial charge in [0.05, 0.1) is 0 Å². The van der Waals surface area contributed by atoms with E-state index in [2.05, 4.69) is 26.2 Å². The molecule has 0 radical (unpaired) electrons. The van der Waals surface area contributed by atoms with Gasteiger partial charge in [-0.05, 0) is 12.8 Å². The van der Waals surface area contributed by atoms with Crippen molar-refractivity contribution in [2.45, 2.75) is 26.2 Å². The van der Waals surface area contributed by atoms with Crippen LogP contribution in [0.1, 0.15) is 26.2 Å². The molecule has 0 aliphatic carbocycles. The van der Waals surface area contributed by atoms with Crippen molar-refractivity contribution in [1.82, 2.24) is 0 Å². The lowest BCUT2D eigenvalue weighted by molar-refractivity contribution is 0.922. The second-order valence-electron chi connectivity index (χ2n) is 2.26. The smallest absolute Gasteiger partial charge is 0.0166 e. The molecule has 0 unspecified atom stereocenters. The van der Waals surface area contributed by atoms with E-state index in [4.69, 9.17) is 0 Å². The molecule has 0 amide bonds. The van der Waals surface area contributed by atoms with Gasteiger partial charge in [0.25, 0.3) is 0 Å². The third-order valence-corrected chi connectivity index (χ3v) is 1.35. The van der Waals surface area contributed by atoms with Gasteiger partial charge < -0.3 is 0 Å². The Bertz CT molecular complexity index is 129. The van der Waals surface area contributed by atoms with E-state index in [1.165, 1.54) is 12.0 Å². The Kier molecular flexibility index (Phi) is 5.85. The van der Waals surface area contributed by atoms with E-state index in [9.17, 15) is 0 Å². The van der Waals surface area contributed by atoms with E-state index in [1.54, 1.807) is 0 Å². The average molecular weight is 136 g/mol. The molecule has 0 saturated heterocycles. The predicted octanol–water partition coefficient (Wildman–Crippen LogP) is 3.48. The summed E-state index contributed by atoms with van der Waals surface area (Å²) in [6, 6.07) is 0. The lowest BCUT2D eigenvalue weighted by Gasteiger charge is -1.95. The third kappa shape index (κ3) is 4.13. The first kappa shape index (κ1) is 9.22. The molecule has 56 valence electrons. The number of rotatable bonds is 5. The molecule has 0 saturated carbocycles. The Hall–Kier alpha value is -0.780. The van der Waals surface area contributed by atoms with Crippen molar-refractivity contribution < 1.29 is 0 Å². The van der Waals surface area contributed by atoms with Gasteiger partial charge in [0, 0.05) is 0 Å². The van der Waals surface area contributed by atoms with Crippen LogP contribution in [0.3, 0.4) is 0 Å². The van der Waals surface area contributed by atoms with Crippen LogP contribution >= 0.6 is 0 Å². The van der Waals surface area contributed by atoms with Crippen LogP contribution in [0.15, 0.2) is 37.0 Å². The standard InChI is InChI=1S/C10H16/c1-4-7-9-10(6-3)8-5-2/h4,6,9H,1,3,5,7-8H2,2H3/b10-9+. The number of hydrogen-bond acceptors (Lipinski definition) is 0. The van der Waals surface area contributed by atoms with E-state index >= 15 is 0 Å². The maximum Gasteiger partial charge on any atom is -0.0166 e. The average Bonchev–Trinajstić information content (AvgIpc) is 1.98. The molecule has 0 aromatic carbocycles. The van der Waals surface area contributed by atoms with Crippen LogP contribution in [-0.2, 0) is 0 Å². The van der Waals surface area contributed by atoms with Crippen LogP contribution in [-0.4, -0.2) is 0 Å².